The van der Waals surface area contributed by atoms with Crippen molar-refractivity contribution in [3.05, 3.63) is 71.8 Å². The van der Waals surface area contributed by atoms with Crippen molar-refractivity contribution < 1.29 is 19.1 Å². The molecule has 1 amide bonds. The lowest BCUT2D eigenvalue weighted by Crippen LogP contribution is -2.51. The molecular weight excluding hydrogens is 436 g/mol. The fraction of sp³-hybridized carbons (Fsp3) is 0.423. The van der Waals surface area contributed by atoms with Crippen LogP contribution in [0.2, 0.25) is 0 Å². The Morgan fingerprint density at radius 2 is 1.67 bits per heavy atom. The first kappa shape index (κ1) is 24.7. The molecule has 2 aromatic carbocycles. The highest BCUT2D eigenvalue weighted by Gasteiger charge is 2.35. The number of thiocarbonyl (C=S) groups is 1. The smallest absolute Gasteiger partial charge is 0.410 e. The molecule has 2 unspecified atom stereocenters. The number of nitrogens with one attached hydrogen (secondary N) is 1. The third-order valence-electron chi connectivity index (χ3n) is 5.29. The van der Waals surface area contributed by atoms with Crippen molar-refractivity contribution in [3.63, 3.8) is 0 Å². The molecule has 176 valence electrons. The average molecular weight is 469 g/mol. The van der Waals surface area contributed by atoms with Crippen molar-refractivity contribution >= 4 is 29.3 Å². The van der Waals surface area contributed by atoms with Gasteiger partial charge in [-0.2, -0.15) is 0 Å². The van der Waals surface area contributed by atoms with E-state index >= 15 is 0 Å². The molecular formula is C26H32N2O4S. The van der Waals surface area contributed by atoms with E-state index in [0.717, 1.165) is 24.0 Å². The van der Waals surface area contributed by atoms with Crippen molar-refractivity contribution in [1.82, 2.24) is 10.2 Å². The zero-order valence-electron chi connectivity index (χ0n) is 19.5. The second-order valence-electron chi connectivity index (χ2n) is 9.18. The second kappa shape index (κ2) is 11.3. The monoisotopic (exact) mass is 468 g/mol. The van der Waals surface area contributed by atoms with Crippen molar-refractivity contribution in [2.75, 3.05) is 6.54 Å². The maximum Gasteiger partial charge on any atom is 0.410 e. The lowest BCUT2D eigenvalue weighted by Gasteiger charge is -2.29. The molecule has 0 radical (unpaired) electrons. The molecule has 1 N–H and O–H groups in total. The number of hydrogen-bond acceptors (Lipinski definition) is 5. The van der Waals surface area contributed by atoms with Crippen LogP contribution in [0.25, 0.3) is 0 Å². The minimum absolute atomic E-state index is 0.206. The molecule has 0 bridgehead atoms. The van der Waals surface area contributed by atoms with Crippen molar-refractivity contribution in [2.45, 2.75) is 64.3 Å². The van der Waals surface area contributed by atoms with Crippen molar-refractivity contribution in [2.24, 2.45) is 0 Å². The Kier molecular flexibility index (Phi) is 8.44. The van der Waals surface area contributed by atoms with E-state index in [-0.39, 0.29) is 18.6 Å². The predicted molar refractivity (Wildman–Crippen MR) is 132 cm³/mol. The molecule has 2 atom stereocenters. The van der Waals surface area contributed by atoms with E-state index in [9.17, 15) is 9.59 Å². The summed E-state index contributed by atoms with van der Waals surface area (Å²) < 4.78 is 11.1. The maximum absolute atomic E-state index is 12.9. The predicted octanol–water partition coefficient (Wildman–Crippen LogP) is 4.66. The highest BCUT2D eigenvalue weighted by Crippen LogP contribution is 2.21. The SMILES string of the molecule is CC(C)(C)OC(=O)C(Cc1ccccc1)NC(=S)C1CCCN1C(=O)OCc1ccccc1. The van der Waals surface area contributed by atoms with Gasteiger partial charge in [0.1, 0.15) is 18.2 Å². The third-order valence-corrected chi connectivity index (χ3v) is 5.68. The fourth-order valence-electron chi connectivity index (χ4n) is 3.74. The van der Waals surface area contributed by atoms with Gasteiger partial charge in [0.25, 0.3) is 0 Å². The fourth-order valence-corrected chi connectivity index (χ4v) is 4.13. The van der Waals surface area contributed by atoms with E-state index < -0.39 is 17.7 Å². The van der Waals surface area contributed by atoms with Crippen LogP contribution in [0.5, 0.6) is 0 Å². The summed E-state index contributed by atoms with van der Waals surface area (Å²) in [6, 6.07) is 18.3. The number of rotatable bonds is 7. The molecule has 1 fully saturated rings. The van der Waals surface area contributed by atoms with E-state index in [4.69, 9.17) is 21.7 Å². The average Bonchev–Trinajstić information content (AvgIpc) is 3.27. The number of carbonyl (C=O) groups excluding carboxylic acids is 2. The van der Waals surface area contributed by atoms with Crippen LogP contribution in [0, 0.1) is 0 Å². The molecule has 1 saturated heterocycles. The van der Waals surface area contributed by atoms with Gasteiger partial charge in [-0.1, -0.05) is 72.9 Å². The molecule has 1 heterocycles. The number of benzene rings is 2. The van der Waals surface area contributed by atoms with E-state index in [0.29, 0.717) is 18.0 Å². The molecule has 2 aromatic rings. The zero-order valence-corrected chi connectivity index (χ0v) is 20.3. The van der Waals surface area contributed by atoms with E-state index in [1.54, 1.807) is 4.90 Å². The van der Waals surface area contributed by atoms with Gasteiger partial charge >= 0.3 is 12.1 Å². The number of esters is 1. The summed E-state index contributed by atoms with van der Waals surface area (Å²) in [7, 11) is 0. The first-order valence-corrected chi connectivity index (χ1v) is 11.7. The van der Waals surface area contributed by atoms with Crippen LogP contribution in [-0.4, -0.2) is 46.2 Å². The molecule has 33 heavy (non-hydrogen) atoms. The van der Waals surface area contributed by atoms with E-state index in [1.807, 2.05) is 81.4 Å². The maximum atomic E-state index is 12.9. The molecule has 0 spiro atoms. The summed E-state index contributed by atoms with van der Waals surface area (Å²) in [6.07, 6.45) is 1.57. The van der Waals surface area contributed by atoms with Gasteiger partial charge in [0.15, 0.2) is 0 Å². The Hall–Kier alpha value is -2.93. The minimum Gasteiger partial charge on any atom is -0.458 e. The number of hydrogen-bond donors (Lipinski definition) is 1. The van der Waals surface area contributed by atoms with Gasteiger partial charge < -0.3 is 14.8 Å². The van der Waals surface area contributed by atoms with Crippen LogP contribution in [0.1, 0.15) is 44.7 Å². The van der Waals surface area contributed by atoms with Crippen LogP contribution >= 0.6 is 12.2 Å². The molecule has 6 nitrogen and oxygen atoms in total. The van der Waals surface area contributed by atoms with Gasteiger partial charge in [0.2, 0.25) is 0 Å². The summed E-state index contributed by atoms with van der Waals surface area (Å²) in [4.78, 5) is 27.8. The van der Waals surface area contributed by atoms with Crippen LogP contribution in [-0.2, 0) is 27.3 Å². The normalized spacial score (nSPS) is 16.7. The highest BCUT2D eigenvalue weighted by atomic mass is 32.1. The van der Waals surface area contributed by atoms with E-state index in [2.05, 4.69) is 5.32 Å². The Bertz CT molecular complexity index is 944. The quantitative estimate of drug-likeness (QED) is 0.471. The number of amides is 1. The Labute approximate surface area is 201 Å². The van der Waals surface area contributed by atoms with Crippen molar-refractivity contribution in [3.8, 4) is 0 Å². The summed E-state index contributed by atoms with van der Waals surface area (Å²) in [5, 5.41) is 3.20. The molecule has 1 aliphatic rings. The van der Waals surface area contributed by atoms with Crippen LogP contribution < -0.4 is 5.32 Å². The lowest BCUT2D eigenvalue weighted by molar-refractivity contribution is -0.157. The Balaban J connectivity index is 1.66. The van der Waals surface area contributed by atoms with Gasteiger partial charge in [-0.05, 0) is 44.7 Å². The summed E-state index contributed by atoms with van der Waals surface area (Å²) in [6.45, 7) is 6.28. The summed E-state index contributed by atoms with van der Waals surface area (Å²) in [5.74, 6) is -0.370. The van der Waals surface area contributed by atoms with Crippen LogP contribution in [0.15, 0.2) is 60.7 Å². The molecule has 0 aromatic heterocycles. The van der Waals surface area contributed by atoms with Gasteiger partial charge in [-0.25, -0.2) is 9.59 Å². The number of carbonyl (C=O) groups is 2. The minimum atomic E-state index is -0.651. The largest absolute Gasteiger partial charge is 0.458 e. The zero-order chi connectivity index (χ0) is 23.8. The Morgan fingerprint density at radius 3 is 2.27 bits per heavy atom. The number of ether oxygens (including phenoxy) is 2. The van der Waals surface area contributed by atoms with Gasteiger partial charge in [0.05, 0.1) is 11.0 Å². The molecule has 1 aliphatic heterocycles. The summed E-state index contributed by atoms with van der Waals surface area (Å²) >= 11 is 5.67. The van der Waals surface area contributed by atoms with Crippen LogP contribution in [0.3, 0.4) is 0 Å². The first-order valence-electron chi connectivity index (χ1n) is 11.3. The molecule has 3 rings (SSSR count). The molecule has 7 heteroatoms. The highest BCUT2D eigenvalue weighted by molar-refractivity contribution is 7.80. The number of likely N-dealkylation sites (tertiary alicyclic amines) is 1. The standard InChI is InChI=1S/C26H32N2O4S/c1-26(2,3)32-24(29)21(17-19-11-6-4-7-12-19)27-23(33)22-15-10-16-28(22)25(30)31-18-20-13-8-5-9-14-20/h4-9,11-14,21-22H,10,15-18H2,1-3H3,(H,27,33). The van der Waals surface area contributed by atoms with Crippen molar-refractivity contribution in [1.29, 1.82) is 0 Å². The summed E-state index contributed by atoms with van der Waals surface area (Å²) in [5.41, 5.74) is 1.31. The van der Waals surface area contributed by atoms with Crippen LogP contribution in [0.4, 0.5) is 4.79 Å². The topological polar surface area (TPSA) is 67.9 Å². The molecule has 0 saturated carbocycles. The van der Waals surface area contributed by atoms with Gasteiger partial charge in [-0.15, -0.1) is 0 Å². The first-order chi connectivity index (χ1) is 15.7. The third kappa shape index (κ3) is 7.56. The van der Waals surface area contributed by atoms with Gasteiger partial charge in [-0.3, -0.25) is 4.90 Å². The Morgan fingerprint density at radius 1 is 1.06 bits per heavy atom. The van der Waals surface area contributed by atoms with Gasteiger partial charge in [0, 0.05) is 13.0 Å². The lowest BCUT2D eigenvalue weighted by atomic mass is 10.0. The molecule has 0 aliphatic carbocycles. The van der Waals surface area contributed by atoms with E-state index in [1.165, 1.54) is 0 Å². The number of nitrogens with zero attached hydrogens (tertiary/aromatic N) is 1. The second-order valence-corrected chi connectivity index (χ2v) is 9.62.